The molecule has 0 radical (unpaired) electrons. The van der Waals surface area contributed by atoms with Crippen LogP contribution in [-0.2, 0) is 4.74 Å². The first-order chi connectivity index (χ1) is 8.83. The Morgan fingerprint density at radius 1 is 1.26 bits per heavy atom. The molecule has 0 amide bonds. The van der Waals surface area contributed by atoms with Crippen LogP contribution in [0.1, 0.15) is 13.8 Å². The fraction of sp³-hybridized carbons (Fsp3) is 0.571. The van der Waals surface area contributed by atoms with Gasteiger partial charge in [0.2, 0.25) is 0 Å². The van der Waals surface area contributed by atoms with E-state index < -0.39 is 8.80 Å². The van der Waals surface area contributed by atoms with Crippen molar-refractivity contribution in [1.82, 2.24) is 0 Å². The molecule has 0 saturated heterocycles. The Morgan fingerprint density at radius 2 is 1.95 bits per heavy atom. The summed E-state index contributed by atoms with van der Waals surface area (Å²) in [6, 6.07) is 5.51. The molecule has 1 aromatic rings. The molecule has 1 rings (SSSR count). The molecule has 5 heteroatoms. The van der Waals surface area contributed by atoms with E-state index in [-0.39, 0.29) is 0 Å². The predicted octanol–water partition coefficient (Wildman–Crippen LogP) is 4.76. The fourth-order valence-electron chi connectivity index (χ4n) is 1.30. The second kappa shape index (κ2) is 7.67. The summed E-state index contributed by atoms with van der Waals surface area (Å²) in [5, 5.41) is 1.00. The number of ether oxygens (including phenoxy) is 2. The Balaban J connectivity index is 2.30. The Kier molecular flexibility index (Phi) is 6.87. The summed E-state index contributed by atoms with van der Waals surface area (Å²) >= 11 is 9.36. The van der Waals surface area contributed by atoms with E-state index in [0.717, 1.165) is 16.8 Å². The minimum atomic E-state index is -0.696. The summed E-state index contributed by atoms with van der Waals surface area (Å²) in [4.78, 5) is 0. The SMILES string of the molecule is C[SiH](C)C(C)(C)COCCOc1cc(Cl)ccc1Br. The molecule has 0 N–H and O–H groups in total. The van der Waals surface area contributed by atoms with Gasteiger partial charge in [-0.15, -0.1) is 0 Å². The molecule has 0 heterocycles. The van der Waals surface area contributed by atoms with E-state index >= 15 is 0 Å². The quantitative estimate of drug-likeness (QED) is 0.512. The van der Waals surface area contributed by atoms with Crippen molar-refractivity contribution in [3.05, 3.63) is 27.7 Å². The molecule has 0 aliphatic rings. The molecule has 0 aliphatic carbocycles. The molecule has 2 nitrogen and oxygen atoms in total. The van der Waals surface area contributed by atoms with Crippen LogP contribution in [0.25, 0.3) is 0 Å². The van der Waals surface area contributed by atoms with E-state index in [0.29, 0.717) is 23.3 Å². The van der Waals surface area contributed by atoms with E-state index in [4.69, 9.17) is 21.1 Å². The summed E-state index contributed by atoms with van der Waals surface area (Å²) in [7, 11) is -0.696. The zero-order chi connectivity index (χ0) is 14.5. The van der Waals surface area contributed by atoms with E-state index in [9.17, 15) is 0 Å². The van der Waals surface area contributed by atoms with Crippen molar-refractivity contribution in [3.8, 4) is 5.75 Å². The first-order valence-corrected chi connectivity index (χ1v) is 10.5. The fourth-order valence-corrected chi connectivity index (χ4v) is 2.27. The highest BCUT2D eigenvalue weighted by Crippen LogP contribution is 2.29. The molecule has 0 spiro atoms. The van der Waals surface area contributed by atoms with E-state index in [1.165, 1.54) is 0 Å². The van der Waals surface area contributed by atoms with Crippen molar-refractivity contribution in [2.75, 3.05) is 19.8 Å². The minimum Gasteiger partial charge on any atom is -0.490 e. The standard InChI is InChI=1S/C14H22BrClO2Si/c1-14(2,19(3)4)10-17-7-8-18-13-9-11(16)5-6-12(13)15/h5-6,9,19H,7-8,10H2,1-4H3. The van der Waals surface area contributed by atoms with Gasteiger partial charge in [-0.2, -0.15) is 0 Å². The van der Waals surface area contributed by atoms with Crippen molar-refractivity contribution in [2.45, 2.75) is 32.0 Å². The third-order valence-electron chi connectivity index (χ3n) is 3.42. The van der Waals surface area contributed by atoms with Gasteiger partial charge in [0, 0.05) is 20.4 Å². The summed E-state index contributed by atoms with van der Waals surface area (Å²) in [5.74, 6) is 0.758. The molecule has 0 aromatic heterocycles. The Labute approximate surface area is 131 Å². The van der Waals surface area contributed by atoms with Gasteiger partial charge in [-0.25, -0.2) is 0 Å². The lowest BCUT2D eigenvalue weighted by molar-refractivity contribution is 0.0845. The molecule has 0 saturated carbocycles. The molecule has 19 heavy (non-hydrogen) atoms. The third kappa shape index (κ3) is 5.86. The highest BCUT2D eigenvalue weighted by Gasteiger charge is 2.23. The van der Waals surface area contributed by atoms with E-state index in [1.807, 2.05) is 12.1 Å². The Hall–Kier alpha value is -0.0331. The van der Waals surface area contributed by atoms with E-state index in [1.54, 1.807) is 6.07 Å². The number of hydrogen-bond donors (Lipinski definition) is 0. The lowest BCUT2D eigenvalue weighted by Crippen LogP contribution is -2.27. The lowest BCUT2D eigenvalue weighted by Gasteiger charge is -2.27. The zero-order valence-corrected chi connectivity index (χ0v) is 15.5. The van der Waals surface area contributed by atoms with Crippen LogP contribution in [0.15, 0.2) is 22.7 Å². The van der Waals surface area contributed by atoms with Gasteiger partial charge in [0.05, 0.1) is 11.1 Å². The van der Waals surface area contributed by atoms with Gasteiger partial charge in [0.25, 0.3) is 0 Å². The second-order valence-corrected chi connectivity index (χ2v) is 10.8. The van der Waals surface area contributed by atoms with Crippen molar-refractivity contribution >= 4 is 36.3 Å². The molecular weight excluding hydrogens is 344 g/mol. The lowest BCUT2D eigenvalue weighted by atomic mass is 10.2. The first kappa shape index (κ1) is 17.0. The van der Waals surface area contributed by atoms with E-state index in [2.05, 4.69) is 42.9 Å². The number of rotatable bonds is 7. The van der Waals surface area contributed by atoms with Crippen LogP contribution >= 0.6 is 27.5 Å². The summed E-state index contributed by atoms with van der Waals surface area (Å²) in [6.45, 7) is 11.2. The number of hydrogen-bond acceptors (Lipinski definition) is 2. The third-order valence-corrected chi connectivity index (χ3v) is 7.60. The van der Waals surface area contributed by atoms with Crippen LogP contribution in [0.5, 0.6) is 5.75 Å². The average Bonchev–Trinajstić information content (AvgIpc) is 2.32. The maximum absolute atomic E-state index is 5.92. The van der Waals surface area contributed by atoms with Gasteiger partial charge >= 0.3 is 0 Å². The minimum absolute atomic E-state index is 0.330. The van der Waals surface area contributed by atoms with Crippen LogP contribution in [0.4, 0.5) is 0 Å². The molecule has 0 atom stereocenters. The van der Waals surface area contributed by atoms with Crippen molar-refractivity contribution in [1.29, 1.82) is 0 Å². The highest BCUT2D eigenvalue weighted by molar-refractivity contribution is 9.10. The first-order valence-electron chi connectivity index (χ1n) is 6.48. The summed E-state index contributed by atoms with van der Waals surface area (Å²) < 4.78 is 12.3. The molecule has 108 valence electrons. The van der Waals surface area contributed by atoms with Crippen molar-refractivity contribution < 1.29 is 9.47 Å². The Morgan fingerprint density at radius 3 is 2.58 bits per heavy atom. The maximum atomic E-state index is 5.92. The number of halogens is 2. The number of benzene rings is 1. The maximum Gasteiger partial charge on any atom is 0.135 e. The van der Waals surface area contributed by atoms with Crippen LogP contribution in [-0.4, -0.2) is 28.6 Å². The molecule has 0 unspecified atom stereocenters. The van der Waals surface area contributed by atoms with Gasteiger partial charge in [0.1, 0.15) is 12.4 Å². The van der Waals surface area contributed by atoms with Crippen LogP contribution < -0.4 is 4.74 Å². The largest absolute Gasteiger partial charge is 0.490 e. The molecule has 0 fully saturated rings. The zero-order valence-electron chi connectivity index (χ0n) is 12.0. The summed E-state index contributed by atoms with van der Waals surface area (Å²) in [6.07, 6.45) is 0. The molecule has 0 bridgehead atoms. The molecular formula is C14H22BrClO2Si. The van der Waals surface area contributed by atoms with Gasteiger partial charge in [-0.1, -0.05) is 38.5 Å². The monoisotopic (exact) mass is 364 g/mol. The van der Waals surface area contributed by atoms with Crippen molar-refractivity contribution in [2.24, 2.45) is 0 Å². The second-order valence-electron chi connectivity index (χ2n) is 5.62. The van der Waals surface area contributed by atoms with Gasteiger partial charge < -0.3 is 9.47 Å². The molecule has 1 aromatic carbocycles. The van der Waals surface area contributed by atoms with Crippen LogP contribution in [0.3, 0.4) is 0 Å². The average molecular weight is 366 g/mol. The van der Waals surface area contributed by atoms with Crippen LogP contribution in [0, 0.1) is 0 Å². The van der Waals surface area contributed by atoms with Crippen LogP contribution in [0.2, 0.25) is 23.2 Å². The topological polar surface area (TPSA) is 18.5 Å². The van der Waals surface area contributed by atoms with Gasteiger partial charge in [-0.05, 0) is 39.2 Å². The predicted molar refractivity (Wildman–Crippen MR) is 88.4 cm³/mol. The summed E-state index contributed by atoms with van der Waals surface area (Å²) in [5.41, 5.74) is 0. The van der Waals surface area contributed by atoms with Gasteiger partial charge in [0.15, 0.2) is 0 Å². The van der Waals surface area contributed by atoms with Crippen molar-refractivity contribution in [3.63, 3.8) is 0 Å². The highest BCUT2D eigenvalue weighted by atomic mass is 79.9. The smallest absolute Gasteiger partial charge is 0.135 e. The molecule has 0 aliphatic heterocycles. The Bertz CT molecular complexity index is 410. The van der Waals surface area contributed by atoms with Gasteiger partial charge in [-0.3, -0.25) is 0 Å². The normalized spacial score (nSPS) is 11.9.